The summed E-state index contributed by atoms with van der Waals surface area (Å²) >= 11 is 8.50. The van der Waals surface area contributed by atoms with E-state index in [1.54, 1.807) is 0 Å². The summed E-state index contributed by atoms with van der Waals surface area (Å²) in [6.45, 7) is 0.876. The Morgan fingerprint density at radius 1 is 1.00 bits per heavy atom. The van der Waals surface area contributed by atoms with Crippen molar-refractivity contribution in [3.8, 4) is 0 Å². The van der Waals surface area contributed by atoms with Gasteiger partial charge >= 0.3 is 0 Å². The molecule has 18 heavy (non-hydrogen) atoms. The van der Waals surface area contributed by atoms with E-state index in [4.69, 9.17) is 11.6 Å². The highest BCUT2D eigenvalue weighted by atomic mass is 127. The minimum absolute atomic E-state index is 0.814. The van der Waals surface area contributed by atoms with E-state index in [1.807, 2.05) is 12.1 Å². The summed E-state index contributed by atoms with van der Waals surface area (Å²) in [4.78, 5) is 0. The Balaban J connectivity index is 2.00. The molecule has 0 spiro atoms. The van der Waals surface area contributed by atoms with Crippen LogP contribution in [0.1, 0.15) is 5.56 Å². The minimum atomic E-state index is 0.814. The van der Waals surface area contributed by atoms with Gasteiger partial charge < -0.3 is 4.57 Å². The molecule has 0 unspecified atom stereocenters. The fourth-order valence-electron chi connectivity index (χ4n) is 2.11. The van der Waals surface area contributed by atoms with E-state index in [1.165, 1.54) is 14.7 Å². The average Bonchev–Trinajstić information content (AvgIpc) is 2.77. The molecule has 0 aliphatic rings. The molecule has 2 aromatic carbocycles. The predicted octanol–water partition coefficient (Wildman–Crippen LogP) is 4.95. The Morgan fingerprint density at radius 3 is 2.56 bits per heavy atom. The number of nitrogens with zero attached hydrogens (tertiary/aromatic N) is 1. The molecule has 0 N–H and O–H groups in total. The van der Waals surface area contributed by atoms with Gasteiger partial charge in [-0.25, -0.2) is 0 Å². The number of fused-ring (bicyclic) bond motifs is 1. The van der Waals surface area contributed by atoms with Crippen molar-refractivity contribution < 1.29 is 0 Å². The average molecular weight is 368 g/mol. The molecule has 0 saturated carbocycles. The summed E-state index contributed by atoms with van der Waals surface area (Å²) < 4.78 is 3.49. The first kappa shape index (κ1) is 12.1. The Morgan fingerprint density at radius 2 is 1.78 bits per heavy atom. The van der Waals surface area contributed by atoms with Gasteiger partial charge in [0.2, 0.25) is 0 Å². The second-order valence-electron chi connectivity index (χ2n) is 4.24. The van der Waals surface area contributed by atoms with Gasteiger partial charge in [-0.1, -0.05) is 29.8 Å². The molecule has 3 rings (SSSR count). The van der Waals surface area contributed by atoms with Crippen molar-refractivity contribution in [1.82, 2.24) is 4.57 Å². The van der Waals surface area contributed by atoms with Crippen molar-refractivity contribution in [2.75, 3.05) is 0 Å². The molecule has 1 aromatic heterocycles. The molecule has 1 nitrogen and oxygen atoms in total. The lowest BCUT2D eigenvalue weighted by Crippen LogP contribution is -1.97. The first-order chi connectivity index (χ1) is 8.74. The van der Waals surface area contributed by atoms with Gasteiger partial charge in [-0.15, -0.1) is 0 Å². The Hall–Kier alpha value is -1.000. The van der Waals surface area contributed by atoms with Crippen molar-refractivity contribution in [3.63, 3.8) is 0 Å². The van der Waals surface area contributed by atoms with Crippen LogP contribution in [0.2, 0.25) is 5.02 Å². The number of hydrogen-bond acceptors (Lipinski definition) is 0. The van der Waals surface area contributed by atoms with Crippen LogP contribution in [0.3, 0.4) is 0 Å². The second kappa shape index (κ2) is 4.94. The molecule has 0 radical (unpaired) electrons. The van der Waals surface area contributed by atoms with Gasteiger partial charge in [-0.05, 0) is 58.5 Å². The lowest BCUT2D eigenvalue weighted by Gasteiger charge is -2.06. The quantitative estimate of drug-likeness (QED) is 0.565. The van der Waals surface area contributed by atoms with Gasteiger partial charge in [-0.3, -0.25) is 0 Å². The van der Waals surface area contributed by atoms with E-state index in [2.05, 4.69) is 69.8 Å². The van der Waals surface area contributed by atoms with Gasteiger partial charge in [0.15, 0.2) is 0 Å². The van der Waals surface area contributed by atoms with Crippen LogP contribution in [0.25, 0.3) is 10.9 Å². The normalized spacial score (nSPS) is 11.0. The van der Waals surface area contributed by atoms with Crippen molar-refractivity contribution in [1.29, 1.82) is 0 Å². The van der Waals surface area contributed by atoms with Crippen LogP contribution in [0.5, 0.6) is 0 Å². The molecule has 0 atom stereocenters. The zero-order valence-electron chi connectivity index (χ0n) is 9.61. The monoisotopic (exact) mass is 367 g/mol. The van der Waals surface area contributed by atoms with E-state index in [9.17, 15) is 0 Å². The van der Waals surface area contributed by atoms with Gasteiger partial charge in [0.25, 0.3) is 0 Å². The zero-order chi connectivity index (χ0) is 12.5. The van der Waals surface area contributed by atoms with Crippen molar-refractivity contribution in [3.05, 3.63) is 68.9 Å². The lowest BCUT2D eigenvalue weighted by atomic mass is 10.2. The Bertz CT molecular complexity index is 685. The van der Waals surface area contributed by atoms with E-state index in [0.717, 1.165) is 17.0 Å². The van der Waals surface area contributed by atoms with Crippen LogP contribution < -0.4 is 0 Å². The van der Waals surface area contributed by atoms with Crippen LogP contribution in [0.15, 0.2) is 54.7 Å². The number of benzene rings is 2. The molecule has 0 aliphatic carbocycles. The standard InChI is InChI=1S/C15H11ClIN/c16-14-2-1-3-15-13(14)8-9-18(15)10-11-4-6-12(17)7-5-11/h1-9H,10H2. The first-order valence-electron chi connectivity index (χ1n) is 5.72. The SMILES string of the molecule is Clc1cccc2c1ccn2Cc1ccc(I)cc1. The molecule has 3 aromatic rings. The highest BCUT2D eigenvalue weighted by molar-refractivity contribution is 14.1. The number of halogens is 2. The van der Waals surface area contributed by atoms with E-state index in [-0.39, 0.29) is 0 Å². The van der Waals surface area contributed by atoms with Crippen LogP contribution >= 0.6 is 34.2 Å². The molecule has 90 valence electrons. The van der Waals surface area contributed by atoms with Gasteiger partial charge in [0.05, 0.1) is 0 Å². The molecule has 0 saturated heterocycles. The molecule has 0 aliphatic heterocycles. The Kier molecular flexibility index (Phi) is 3.31. The number of hydrogen-bond donors (Lipinski definition) is 0. The van der Waals surface area contributed by atoms with Crippen molar-refractivity contribution in [2.24, 2.45) is 0 Å². The largest absolute Gasteiger partial charge is 0.343 e. The molecular formula is C15H11ClIN. The van der Waals surface area contributed by atoms with Crippen LogP contribution in [-0.4, -0.2) is 4.57 Å². The maximum atomic E-state index is 6.18. The minimum Gasteiger partial charge on any atom is -0.343 e. The summed E-state index contributed by atoms with van der Waals surface area (Å²) in [5, 5.41) is 1.93. The third-order valence-corrected chi connectivity index (χ3v) is 4.08. The van der Waals surface area contributed by atoms with Gasteiger partial charge in [0, 0.05) is 32.2 Å². The third kappa shape index (κ3) is 2.27. The molecule has 0 fully saturated rings. The van der Waals surface area contributed by atoms with Crippen molar-refractivity contribution in [2.45, 2.75) is 6.54 Å². The smallest absolute Gasteiger partial charge is 0.0499 e. The summed E-state index contributed by atoms with van der Waals surface area (Å²) in [7, 11) is 0. The van der Waals surface area contributed by atoms with Gasteiger partial charge in [0.1, 0.15) is 0 Å². The fourth-order valence-corrected chi connectivity index (χ4v) is 2.70. The fraction of sp³-hybridized carbons (Fsp3) is 0.0667. The summed E-state index contributed by atoms with van der Waals surface area (Å²) in [5.74, 6) is 0. The highest BCUT2D eigenvalue weighted by Crippen LogP contribution is 2.24. The number of rotatable bonds is 2. The summed E-state index contributed by atoms with van der Waals surface area (Å²) in [5.41, 5.74) is 2.48. The zero-order valence-corrected chi connectivity index (χ0v) is 12.5. The van der Waals surface area contributed by atoms with Crippen LogP contribution in [0, 0.1) is 3.57 Å². The van der Waals surface area contributed by atoms with E-state index < -0.39 is 0 Å². The van der Waals surface area contributed by atoms with Gasteiger partial charge in [-0.2, -0.15) is 0 Å². The first-order valence-corrected chi connectivity index (χ1v) is 7.17. The van der Waals surface area contributed by atoms with E-state index >= 15 is 0 Å². The third-order valence-electron chi connectivity index (χ3n) is 3.03. The number of aromatic nitrogens is 1. The summed E-state index contributed by atoms with van der Waals surface area (Å²) in [6, 6.07) is 16.7. The van der Waals surface area contributed by atoms with E-state index in [0.29, 0.717) is 0 Å². The molecular weight excluding hydrogens is 357 g/mol. The maximum Gasteiger partial charge on any atom is 0.0499 e. The van der Waals surface area contributed by atoms with Crippen LogP contribution in [0.4, 0.5) is 0 Å². The predicted molar refractivity (Wildman–Crippen MR) is 85.2 cm³/mol. The van der Waals surface area contributed by atoms with Crippen LogP contribution in [-0.2, 0) is 6.54 Å². The highest BCUT2D eigenvalue weighted by Gasteiger charge is 2.04. The topological polar surface area (TPSA) is 4.93 Å². The second-order valence-corrected chi connectivity index (χ2v) is 5.90. The molecule has 0 amide bonds. The Labute approximate surface area is 125 Å². The summed E-state index contributed by atoms with van der Waals surface area (Å²) in [6.07, 6.45) is 2.09. The lowest BCUT2D eigenvalue weighted by molar-refractivity contribution is 0.837. The molecule has 0 bridgehead atoms. The maximum absolute atomic E-state index is 6.18. The molecule has 3 heteroatoms. The molecule has 1 heterocycles. The van der Waals surface area contributed by atoms with Crippen molar-refractivity contribution >= 4 is 45.1 Å².